The standard InChI is InChI=1S/C22H30FN5O3/c1-22-11-16(23)4-5-18(22)31-10-9-26(14-20(29)30)13-15-12-24-28-8-6-19(25-21(15)28)27-7-2-3-17(22)27/h6,8,12,16-18H,2-5,7,9-11,13-14H2,1H3,(H,29,30)/t16?,17-,18?,22?/m1/s1. The first-order valence-corrected chi connectivity index (χ1v) is 11.2. The molecule has 9 heteroatoms. The molecule has 0 radical (unpaired) electrons. The van der Waals surface area contributed by atoms with Gasteiger partial charge in [0, 0.05) is 42.9 Å². The van der Waals surface area contributed by atoms with Crippen LogP contribution in [-0.2, 0) is 16.1 Å². The zero-order valence-corrected chi connectivity index (χ0v) is 17.9. The molecule has 4 atom stereocenters. The van der Waals surface area contributed by atoms with Gasteiger partial charge in [-0.25, -0.2) is 13.9 Å². The third-order valence-electron chi connectivity index (χ3n) is 7.35. The number of carbonyl (C=O) groups is 1. The third-order valence-corrected chi connectivity index (χ3v) is 7.35. The number of anilines is 1. The highest BCUT2D eigenvalue weighted by Gasteiger charge is 2.50. The van der Waals surface area contributed by atoms with Gasteiger partial charge in [-0.15, -0.1) is 0 Å². The lowest BCUT2D eigenvalue weighted by molar-refractivity contribution is -0.139. The van der Waals surface area contributed by atoms with E-state index in [9.17, 15) is 14.3 Å². The number of nitrogens with zero attached hydrogens (tertiary/aromatic N) is 5. The summed E-state index contributed by atoms with van der Waals surface area (Å²) in [5, 5.41) is 13.8. The summed E-state index contributed by atoms with van der Waals surface area (Å²) in [5.74, 6) is -0.000374. The summed E-state index contributed by atoms with van der Waals surface area (Å²) in [6.07, 6.45) is 6.55. The Bertz CT molecular complexity index is 968. The molecule has 3 unspecified atom stereocenters. The van der Waals surface area contributed by atoms with Crippen LogP contribution in [0.5, 0.6) is 0 Å². The van der Waals surface area contributed by atoms with Crippen molar-refractivity contribution in [3.05, 3.63) is 24.0 Å². The Kier molecular flexibility index (Phi) is 5.34. The molecular weight excluding hydrogens is 401 g/mol. The number of aromatic nitrogens is 3. The number of ether oxygens (including phenoxy) is 1. The average Bonchev–Trinajstić information content (AvgIpc) is 3.36. The van der Waals surface area contributed by atoms with Crippen LogP contribution < -0.4 is 4.90 Å². The van der Waals surface area contributed by atoms with Crippen molar-refractivity contribution in [2.45, 2.75) is 63.9 Å². The van der Waals surface area contributed by atoms with Crippen molar-refractivity contribution in [2.75, 3.05) is 31.1 Å². The first kappa shape index (κ1) is 20.6. The molecule has 8 nitrogen and oxygen atoms in total. The number of carboxylic acids is 1. The molecule has 2 aromatic rings. The summed E-state index contributed by atoms with van der Waals surface area (Å²) in [6, 6.07) is 2.14. The number of alkyl halides is 1. The molecule has 2 aromatic heterocycles. The van der Waals surface area contributed by atoms with Crippen molar-refractivity contribution >= 4 is 17.4 Å². The van der Waals surface area contributed by atoms with E-state index in [1.807, 2.05) is 17.2 Å². The fraction of sp³-hybridized carbons (Fsp3) is 0.682. The van der Waals surface area contributed by atoms with Crippen LogP contribution in [0.4, 0.5) is 10.2 Å². The molecule has 2 aliphatic heterocycles. The Morgan fingerprint density at radius 3 is 3.06 bits per heavy atom. The van der Waals surface area contributed by atoms with Crippen molar-refractivity contribution in [1.82, 2.24) is 19.5 Å². The Morgan fingerprint density at radius 1 is 1.35 bits per heavy atom. The van der Waals surface area contributed by atoms with Crippen molar-refractivity contribution < 1.29 is 19.0 Å². The predicted octanol–water partition coefficient (Wildman–Crippen LogP) is 2.51. The first-order chi connectivity index (χ1) is 14.9. The quantitative estimate of drug-likeness (QED) is 0.782. The van der Waals surface area contributed by atoms with Crippen LogP contribution in [0.1, 0.15) is 44.6 Å². The topological polar surface area (TPSA) is 83.2 Å². The van der Waals surface area contributed by atoms with Gasteiger partial charge in [0.2, 0.25) is 0 Å². The third kappa shape index (κ3) is 3.78. The Morgan fingerprint density at radius 2 is 2.23 bits per heavy atom. The molecule has 5 rings (SSSR count). The fourth-order valence-electron chi connectivity index (χ4n) is 5.87. The van der Waals surface area contributed by atoms with Gasteiger partial charge in [0.1, 0.15) is 12.0 Å². The zero-order valence-electron chi connectivity index (χ0n) is 17.9. The van der Waals surface area contributed by atoms with Gasteiger partial charge in [0.15, 0.2) is 5.65 Å². The monoisotopic (exact) mass is 431 g/mol. The van der Waals surface area contributed by atoms with Crippen LogP contribution in [0.25, 0.3) is 5.65 Å². The maximum absolute atomic E-state index is 14.6. The molecular formula is C22H30FN5O3. The van der Waals surface area contributed by atoms with E-state index >= 15 is 0 Å². The van der Waals surface area contributed by atoms with Gasteiger partial charge in [-0.1, -0.05) is 6.92 Å². The van der Waals surface area contributed by atoms with Crippen LogP contribution in [0.2, 0.25) is 0 Å². The van der Waals surface area contributed by atoms with Crippen LogP contribution in [0, 0.1) is 5.41 Å². The number of hydrogen-bond donors (Lipinski definition) is 1. The Hall–Kier alpha value is -2.26. The van der Waals surface area contributed by atoms with Crippen LogP contribution >= 0.6 is 0 Å². The van der Waals surface area contributed by atoms with E-state index in [0.717, 1.165) is 36.4 Å². The lowest BCUT2D eigenvalue weighted by atomic mass is 9.67. The minimum atomic E-state index is -0.877. The van der Waals surface area contributed by atoms with E-state index in [-0.39, 0.29) is 24.1 Å². The highest BCUT2D eigenvalue weighted by atomic mass is 19.1. The largest absolute Gasteiger partial charge is 0.480 e. The van der Waals surface area contributed by atoms with Crippen molar-refractivity contribution in [3.8, 4) is 0 Å². The molecule has 168 valence electrons. The molecule has 0 aromatic carbocycles. The summed E-state index contributed by atoms with van der Waals surface area (Å²) >= 11 is 0. The lowest BCUT2D eigenvalue weighted by Crippen LogP contribution is -2.54. The van der Waals surface area contributed by atoms with Gasteiger partial charge in [0.05, 0.1) is 25.5 Å². The molecule has 0 amide bonds. The molecule has 1 aliphatic carbocycles. The average molecular weight is 432 g/mol. The number of fused-ring (bicyclic) bond motifs is 5. The number of aliphatic carboxylic acids is 1. The second-order valence-corrected chi connectivity index (χ2v) is 9.42. The second-order valence-electron chi connectivity index (χ2n) is 9.42. The minimum absolute atomic E-state index is 0.0523. The molecule has 2 bridgehead atoms. The van der Waals surface area contributed by atoms with E-state index in [2.05, 4.69) is 16.9 Å². The van der Waals surface area contributed by atoms with Gasteiger partial charge >= 0.3 is 5.97 Å². The molecule has 3 aliphatic rings. The van der Waals surface area contributed by atoms with E-state index in [0.29, 0.717) is 39.0 Å². The summed E-state index contributed by atoms with van der Waals surface area (Å²) < 4.78 is 22.7. The fourth-order valence-corrected chi connectivity index (χ4v) is 5.87. The first-order valence-electron chi connectivity index (χ1n) is 11.2. The Labute approximate surface area is 181 Å². The molecule has 0 spiro atoms. The lowest BCUT2D eigenvalue weighted by Gasteiger charge is -2.49. The van der Waals surface area contributed by atoms with Gasteiger partial charge in [-0.3, -0.25) is 9.69 Å². The number of halogens is 1. The summed E-state index contributed by atoms with van der Waals surface area (Å²) in [6.45, 7) is 4.33. The second kappa shape index (κ2) is 8.02. The van der Waals surface area contributed by atoms with Crippen LogP contribution in [0.15, 0.2) is 18.5 Å². The normalized spacial score (nSPS) is 32.2. The van der Waals surface area contributed by atoms with Gasteiger partial charge in [-0.2, -0.15) is 5.10 Å². The molecule has 2 fully saturated rings. The van der Waals surface area contributed by atoms with Gasteiger partial charge in [0.25, 0.3) is 0 Å². The molecule has 1 saturated carbocycles. The van der Waals surface area contributed by atoms with Crippen molar-refractivity contribution in [2.24, 2.45) is 5.41 Å². The van der Waals surface area contributed by atoms with Crippen molar-refractivity contribution in [3.63, 3.8) is 0 Å². The molecule has 4 heterocycles. The van der Waals surface area contributed by atoms with Gasteiger partial charge in [-0.05, 0) is 38.2 Å². The zero-order chi connectivity index (χ0) is 21.6. The number of hydrogen-bond acceptors (Lipinski definition) is 6. The highest BCUT2D eigenvalue weighted by Crippen LogP contribution is 2.48. The van der Waals surface area contributed by atoms with E-state index in [1.165, 1.54) is 0 Å². The predicted molar refractivity (Wildman–Crippen MR) is 113 cm³/mol. The minimum Gasteiger partial charge on any atom is -0.480 e. The molecule has 1 saturated heterocycles. The van der Waals surface area contributed by atoms with Crippen LogP contribution in [-0.4, -0.2) is 75.1 Å². The maximum atomic E-state index is 14.6. The summed E-state index contributed by atoms with van der Waals surface area (Å²) in [7, 11) is 0. The van der Waals surface area contributed by atoms with E-state index in [1.54, 1.807) is 10.7 Å². The summed E-state index contributed by atoms with van der Waals surface area (Å²) in [4.78, 5) is 20.6. The molecule has 1 N–H and O–H groups in total. The van der Waals surface area contributed by atoms with E-state index in [4.69, 9.17) is 9.72 Å². The van der Waals surface area contributed by atoms with Crippen LogP contribution in [0.3, 0.4) is 0 Å². The maximum Gasteiger partial charge on any atom is 0.317 e. The number of carboxylic acid groups (broad SMARTS) is 1. The Balaban J connectivity index is 1.57. The van der Waals surface area contributed by atoms with Crippen molar-refractivity contribution in [1.29, 1.82) is 0 Å². The van der Waals surface area contributed by atoms with Gasteiger partial charge < -0.3 is 14.7 Å². The SMILES string of the molecule is CC12CC(F)CCC1OCCN(CC(=O)O)Cc1cnn3ccc(nc13)N1CCC[C@@H]12. The number of rotatable bonds is 2. The summed E-state index contributed by atoms with van der Waals surface area (Å²) in [5.41, 5.74) is 1.31. The van der Waals surface area contributed by atoms with E-state index < -0.39 is 12.1 Å². The smallest absolute Gasteiger partial charge is 0.317 e. The highest BCUT2D eigenvalue weighted by molar-refractivity contribution is 5.69. The molecule has 31 heavy (non-hydrogen) atoms.